The number of nitrogens with one attached hydrogen (secondary N) is 1. The third kappa shape index (κ3) is 5.01. The van der Waals surface area contributed by atoms with Crippen molar-refractivity contribution in [3.63, 3.8) is 0 Å². The van der Waals surface area contributed by atoms with Crippen LogP contribution in [0.5, 0.6) is 0 Å². The molecule has 0 aromatic rings. The zero-order valence-electron chi connectivity index (χ0n) is 3.77. The molecule has 0 bridgehead atoms. The topological polar surface area (TPSA) is 49.3 Å². The van der Waals surface area contributed by atoms with Gasteiger partial charge in [0.05, 0.1) is 6.54 Å². The van der Waals surface area contributed by atoms with Crippen molar-refractivity contribution in [2.24, 2.45) is 0 Å². The first-order chi connectivity index (χ1) is 3.27. The number of rotatable bonds is 3. The van der Waals surface area contributed by atoms with Crippen molar-refractivity contribution in [3.8, 4) is 0 Å². The van der Waals surface area contributed by atoms with Crippen LogP contribution in [-0.4, -0.2) is 18.1 Å². The minimum atomic E-state index is -0.0663. The molecule has 0 aliphatic heterocycles. The molecule has 0 aromatic heterocycles. The second kappa shape index (κ2) is 3.21. The normalized spacial score (nSPS) is 7.43. The maximum absolute atomic E-state index is 9.32. The fourth-order valence-electron chi connectivity index (χ4n) is 0.138. The molecule has 1 radical (unpaired) electrons. The van der Waals surface area contributed by atoms with E-state index in [-0.39, 0.29) is 12.3 Å². The van der Waals surface area contributed by atoms with E-state index < -0.39 is 0 Å². The van der Waals surface area contributed by atoms with Crippen LogP contribution in [0.1, 0.15) is 0 Å². The first kappa shape index (κ1) is 6.01. The number of hydrogen-bond acceptors (Lipinski definition) is 2. The van der Waals surface area contributed by atoms with Gasteiger partial charge in [0.15, 0.2) is 0 Å². The molecule has 0 saturated heterocycles. The van der Waals surface area contributed by atoms with E-state index in [1.54, 1.807) is 0 Å². The highest BCUT2D eigenvalue weighted by molar-refractivity contribution is 5.47. The van der Waals surface area contributed by atoms with Gasteiger partial charge in [0.1, 0.15) is 5.76 Å². The summed E-state index contributed by atoms with van der Waals surface area (Å²) in [7, 11) is 0. The molecule has 0 aliphatic rings. The van der Waals surface area contributed by atoms with E-state index in [4.69, 9.17) is 5.11 Å². The molecule has 7 heavy (non-hydrogen) atoms. The maximum atomic E-state index is 9.32. The summed E-state index contributed by atoms with van der Waals surface area (Å²) in [4.78, 5) is 9.32. The number of amides is 1. The summed E-state index contributed by atoms with van der Waals surface area (Å²) in [6, 6.07) is 0. The van der Waals surface area contributed by atoms with E-state index in [9.17, 15) is 4.79 Å². The van der Waals surface area contributed by atoms with Crippen molar-refractivity contribution in [2.45, 2.75) is 0 Å². The summed E-state index contributed by atoms with van der Waals surface area (Å²) in [6.07, 6.45) is 1.38. The third-order valence-electron chi connectivity index (χ3n) is 0.365. The Hall–Kier alpha value is -0.990. The molecule has 0 saturated carbocycles. The number of hydrogen-bond donors (Lipinski definition) is 2. The number of carbonyl (C=O) groups excluding carboxylic acids is 1. The van der Waals surface area contributed by atoms with Crippen molar-refractivity contribution in [2.75, 3.05) is 6.54 Å². The molecule has 3 nitrogen and oxygen atoms in total. The Morgan fingerprint density at radius 2 is 2.57 bits per heavy atom. The van der Waals surface area contributed by atoms with Crippen molar-refractivity contribution < 1.29 is 9.90 Å². The highest BCUT2D eigenvalue weighted by atomic mass is 16.3. The van der Waals surface area contributed by atoms with Gasteiger partial charge < -0.3 is 10.4 Å². The van der Waals surface area contributed by atoms with Crippen LogP contribution in [0, 0.1) is 0 Å². The van der Waals surface area contributed by atoms with E-state index in [1.807, 2.05) is 0 Å². The lowest BCUT2D eigenvalue weighted by Gasteiger charge is -1.89. The van der Waals surface area contributed by atoms with Crippen LogP contribution in [0.25, 0.3) is 0 Å². The van der Waals surface area contributed by atoms with Gasteiger partial charge in [-0.25, -0.2) is 0 Å². The first-order valence-corrected chi connectivity index (χ1v) is 1.74. The average molecular weight is 100 g/mol. The lowest BCUT2D eigenvalue weighted by Crippen LogP contribution is -2.13. The zero-order valence-corrected chi connectivity index (χ0v) is 3.77. The van der Waals surface area contributed by atoms with E-state index in [2.05, 4.69) is 11.9 Å². The Morgan fingerprint density at radius 1 is 2.00 bits per heavy atom. The summed E-state index contributed by atoms with van der Waals surface area (Å²) >= 11 is 0. The molecule has 1 amide bonds. The molecule has 2 N–H and O–H groups in total. The van der Waals surface area contributed by atoms with Gasteiger partial charge in [0.25, 0.3) is 0 Å². The number of aliphatic hydroxyl groups excluding tert-OH is 1. The van der Waals surface area contributed by atoms with Crippen molar-refractivity contribution in [1.29, 1.82) is 0 Å². The molecule has 0 atom stereocenters. The Morgan fingerprint density at radius 3 is 2.71 bits per heavy atom. The van der Waals surface area contributed by atoms with Crippen LogP contribution in [0.4, 0.5) is 0 Å². The van der Waals surface area contributed by atoms with Crippen molar-refractivity contribution in [1.82, 2.24) is 5.32 Å². The second-order valence-corrected chi connectivity index (χ2v) is 1.02. The van der Waals surface area contributed by atoms with Gasteiger partial charge in [-0.15, -0.1) is 0 Å². The van der Waals surface area contributed by atoms with Crippen LogP contribution in [-0.2, 0) is 4.79 Å². The quantitative estimate of drug-likeness (QED) is 0.378. The fraction of sp³-hybridized carbons (Fsp3) is 0.250. The van der Waals surface area contributed by atoms with Crippen LogP contribution >= 0.6 is 0 Å². The van der Waals surface area contributed by atoms with Crippen molar-refractivity contribution in [3.05, 3.63) is 12.3 Å². The van der Waals surface area contributed by atoms with Crippen LogP contribution in [0.15, 0.2) is 12.3 Å². The number of aliphatic hydroxyl groups is 1. The van der Waals surface area contributed by atoms with Gasteiger partial charge >= 0.3 is 6.41 Å². The van der Waals surface area contributed by atoms with Gasteiger partial charge in [0.2, 0.25) is 0 Å². The molecule has 0 unspecified atom stereocenters. The molecule has 0 aromatic carbocycles. The van der Waals surface area contributed by atoms with E-state index in [0.717, 1.165) is 0 Å². The van der Waals surface area contributed by atoms with E-state index in [0.29, 0.717) is 0 Å². The smallest absolute Gasteiger partial charge is 0.309 e. The Labute approximate surface area is 41.7 Å². The highest BCUT2D eigenvalue weighted by Gasteiger charge is 1.81. The van der Waals surface area contributed by atoms with Gasteiger partial charge in [-0.2, -0.15) is 0 Å². The summed E-state index contributed by atoms with van der Waals surface area (Å²) in [6.45, 7) is 3.19. The van der Waals surface area contributed by atoms with Gasteiger partial charge in [-0.05, 0) is 0 Å². The van der Waals surface area contributed by atoms with Crippen LogP contribution < -0.4 is 5.32 Å². The minimum Gasteiger partial charge on any atom is -0.511 e. The molecular formula is C4H6NO2. The average Bonchev–Trinajstić information content (AvgIpc) is 1.61. The minimum absolute atomic E-state index is 0.0663. The molecule has 39 valence electrons. The molecular weight excluding hydrogens is 94.0 g/mol. The summed E-state index contributed by atoms with van der Waals surface area (Å²) in [5, 5.41) is 10.3. The predicted octanol–water partition coefficient (Wildman–Crippen LogP) is -0.285. The van der Waals surface area contributed by atoms with Crippen LogP contribution in [0.3, 0.4) is 0 Å². The molecule has 0 fully saturated rings. The first-order valence-electron chi connectivity index (χ1n) is 1.74. The second-order valence-electron chi connectivity index (χ2n) is 1.02. The van der Waals surface area contributed by atoms with Crippen molar-refractivity contribution >= 4 is 6.41 Å². The Balaban J connectivity index is 2.97. The van der Waals surface area contributed by atoms with E-state index >= 15 is 0 Å². The highest BCUT2D eigenvalue weighted by Crippen LogP contribution is 1.71. The molecule has 0 aliphatic carbocycles. The van der Waals surface area contributed by atoms with Gasteiger partial charge in [-0.1, -0.05) is 6.58 Å². The largest absolute Gasteiger partial charge is 0.511 e. The molecule has 0 spiro atoms. The molecule has 0 heterocycles. The lowest BCUT2D eigenvalue weighted by molar-refractivity contribution is 0.399. The summed E-state index contributed by atoms with van der Waals surface area (Å²) in [5.74, 6) is -0.0663. The standard InChI is InChI=1S/C4H6NO2/c1-4(7)2-5-3-6/h7H,1-2H2,(H,5,6). The zero-order chi connectivity index (χ0) is 5.70. The molecule has 0 rings (SSSR count). The lowest BCUT2D eigenvalue weighted by atomic mass is 10.6. The Kier molecular flexibility index (Phi) is 2.76. The summed E-state index contributed by atoms with van der Waals surface area (Å²) in [5.41, 5.74) is 0. The Bertz CT molecular complexity index is 79.8. The predicted molar refractivity (Wildman–Crippen MR) is 25.5 cm³/mol. The summed E-state index contributed by atoms with van der Waals surface area (Å²) < 4.78 is 0. The molecule has 3 heteroatoms. The fourth-order valence-corrected chi connectivity index (χ4v) is 0.138. The SMILES string of the molecule is C=C(O)CN[C]=O. The monoisotopic (exact) mass is 100 g/mol. The third-order valence-corrected chi connectivity index (χ3v) is 0.365. The van der Waals surface area contributed by atoms with Gasteiger partial charge in [0, 0.05) is 0 Å². The van der Waals surface area contributed by atoms with Crippen LogP contribution in [0.2, 0.25) is 0 Å². The maximum Gasteiger partial charge on any atom is 0.309 e. The van der Waals surface area contributed by atoms with Gasteiger partial charge in [-0.3, -0.25) is 4.79 Å². The van der Waals surface area contributed by atoms with E-state index in [1.165, 1.54) is 6.41 Å².